The minimum Gasteiger partial charge on any atom is -0.350 e. The molecule has 0 fully saturated rings. The van der Waals surface area contributed by atoms with Crippen LogP contribution in [0.2, 0.25) is 0 Å². The molecule has 1 unspecified atom stereocenters. The molecule has 1 atom stereocenters. The number of nitrogens with zero attached hydrogens (tertiary/aromatic N) is 1. The van der Waals surface area contributed by atoms with Crippen molar-refractivity contribution in [2.24, 2.45) is 5.92 Å². The Kier molecular flexibility index (Phi) is 6.31. The van der Waals surface area contributed by atoms with Gasteiger partial charge in [0, 0.05) is 35.5 Å². The number of amides is 1. The van der Waals surface area contributed by atoms with Gasteiger partial charge in [-0.1, -0.05) is 26.0 Å². The van der Waals surface area contributed by atoms with Gasteiger partial charge in [0.15, 0.2) is 9.84 Å². The van der Waals surface area contributed by atoms with Crippen LogP contribution in [0.4, 0.5) is 0 Å². The molecule has 0 aliphatic rings. The van der Waals surface area contributed by atoms with Gasteiger partial charge in [-0.3, -0.25) is 4.79 Å². The molecule has 160 valence electrons. The molecule has 2 heterocycles. The van der Waals surface area contributed by atoms with E-state index in [1.807, 2.05) is 38.1 Å². The maximum Gasteiger partial charge on any atom is 0.253 e. The van der Waals surface area contributed by atoms with E-state index < -0.39 is 9.84 Å². The number of carbonyl (C=O) groups is 1. The Morgan fingerprint density at radius 3 is 2.33 bits per heavy atom. The average Bonchev–Trinajstić information content (AvgIpc) is 3.07. The number of sulfone groups is 1. The third kappa shape index (κ3) is 5.08. The predicted octanol–water partition coefficient (Wildman–Crippen LogP) is 4.28. The van der Waals surface area contributed by atoms with E-state index in [-0.39, 0.29) is 17.9 Å². The summed E-state index contributed by atoms with van der Waals surface area (Å²) in [7, 11) is -3.23. The summed E-state index contributed by atoms with van der Waals surface area (Å²) >= 11 is 0. The Bertz CT molecular complexity index is 1150. The third-order valence-electron chi connectivity index (χ3n) is 4.97. The zero-order chi connectivity index (χ0) is 22.1. The topological polar surface area (TPSA) is 91.9 Å². The molecule has 6 nitrogen and oxygen atoms in total. The minimum absolute atomic E-state index is 0.0558. The second-order valence-electron chi connectivity index (χ2n) is 8.54. The van der Waals surface area contributed by atoms with E-state index in [1.165, 1.54) is 6.26 Å². The lowest BCUT2D eigenvalue weighted by atomic mass is 9.88. The lowest BCUT2D eigenvalue weighted by molar-refractivity contribution is 0.0943. The van der Waals surface area contributed by atoms with Gasteiger partial charge in [0.2, 0.25) is 0 Å². The number of H-pyrrole nitrogens is 1. The van der Waals surface area contributed by atoms with Crippen LogP contribution in [0, 0.1) is 5.92 Å². The maximum atomic E-state index is 12.3. The minimum atomic E-state index is -3.23. The summed E-state index contributed by atoms with van der Waals surface area (Å²) in [4.78, 5) is 20.4. The number of aromatic nitrogens is 2. The summed E-state index contributed by atoms with van der Waals surface area (Å²) in [6, 6.07) is 11.0. The summed E-state index contributed by atoms with van der Waals surface area (Å²) in [6.07, 6.45) is 3.69. The number of hydrogen-bond acceptors (Lipinski definition) is 4. The number of benzene rings is 1. The Morgan fingerprint density at radius 2 is 1.77 bits per heavy atom. The smallest absolute Gasteiger partial charge is 0.253 e. The molecular formula is C23H29N3O3S. The van der Waals surface area contributed by atoms with Crippen LogP contribution in [0.15, 0.2) is 47.5 Å². The van der Waals surface area contributed by atoms with Crippen molar-refractivity contribution in [3.05, 3.63) is 59.4 Å². The zero-order valence-corrected chi connectivity index (χ0v) is 18.9. The average molecular weight is 428 g/mol. The van der Waals surface area contributed by atoms with Gasteiger partial charge in [-0.25, -0.2) is 13.4 Å². The van der Waals surface area contributed by atoms with Crippen molar-refractivity contribution in [1.29, 1.82) is 0 Å². The zero-order valence-electron chi connectivity index (χ0n) is 18.1. The molecule has 2 aromatic heterocycles. The van der Waals surface area contributed by atoms with E-state index >= 15 is 0 Å². The first-order valence-electron chi connectivity index (χ1n) is 10.1. The van der Waals surface area contributed by atoms with Gasteiger partial charge < -0.3 is 10.3 Å². The molecule has 0 saturated heterocycles. The number of pyridine rings is 1. The summed E-state index contributed by atoms with van der Waals surface area (Å²) in [5.74, 6) is 0.370. The maximum absolute atomic E-state index is 12.3. The molecule has 2 N–H and O–H groups in total. The highest BCUT2D eigenvalue weighted by Crippen LogP contribution is 2.33. The van der Waals surface area contributed by atoms with E-state index in [9.17, 15) is 13.2 Å². The van der Waals surface area contributed by atoms with Gasteiger partial charge in [-0.2, -0.15) is 0 Å². The quantitative estimate of drug-likeness (QED) is 0.589. The number of fused-ring (bicyclic) bond motifs is 1. The van der Waals surface area contributed by atoms with Gasteiger partial charge in [0.05, 0.1) is 10.5 Å². The molecule has 7 heteroatoms. The molecule has 1 aromatic carbocycles. The van der Waals surface area contributed by atoms with Crippen molar-refractivity contribution in [1.82, 2.24) is 15.3 Å². The Hall–Kier alpha value is -2.67. The third-order valence-corrected chi connectivity index (χ3v) is 6.09. The van der Waals surface area contributed by atoms with Gasteiger partial charge in [0.25, 0.3) is 5.91 Å². The molecule has 0 saturated carbocycles. The van der Waals surface area contributed by atoms with Crippen molar-refractivity contribution < 1.29 is 13.2 Å². The van der Waals surface area contributed by atoms with Crippen molar-refractivity contribution in [2.45, 2.75) is 51.0 Å². The molecule has 1 amide bonds. The number of carbonyl (C=O) groups excluding carboxylic acids is 1. The molecule has 0 bridgehead atoms. The van der Waals surface area contributed by atoms with Gasteiger partial charge in [0.1, 0.15) is 5.65 Å². The number of hydrogen-bond donors (Lipinski definition) is 2. The van der Waals surface area contributed by atoms with Crippen molar-refractivity contribution in [3.63, 3.8) is 0 Å². The van der Waals surface area contributed by atoms with E-state index in [0.717, 1.165) is 28.7 Å². The van der Waals surface area contributed by atoms with Crippen molar-refractivity contribution in [3.8, 4) is 0 Å². The van der Waals surface area contributed by atoms with Crippen LogP contribution in [0.3, 0.4) is 0 Å². The molecule has 0 aliphatic heterocycles. The van der Waals surface area contributed by atoms with Gasteiger partial charge in [-0.15, -0.1) is 0 Å². The molecule has 3 aromatic rings. The van der Waals surface area contributed by atoms with Crippen LogP contribution in [-0.4, -0.2) is 36.6 Å². The fraction of sp³-hybridized carbons (Fsp3) is 0.391. The fourth-order valence-electron chi connectivity index (χ4n) is 3.56. The lowest BCUT2D eigenvalue weighted by Gasteiger charge is -2.19. The number of nitrogens with one attached hydrogen (secondary N) is 2. The van der Waals surface area contributed by atoms with Crippen LogP contribution in [0.5, 0.6) is 0 Å². The molecule has 0 radical (unpaired) electrons. The van der Waals surface area contributed by atoms with Crippen molar-refractivity contribution in [2.75, 3.05) is 6.26 Å². The molecule has 3 rings (SSSR count). The van der Waals surface area contributed by atoms with Crippen LogP contribution in [0.1, 0.15) is 61.6 Å². The van der Waals surface area contributed by atoms with Crippen LogP contribution < -0.4 is 5.32 Å². The predicted molar refractivity (Wildman–Crippen MR) is 120 cm³/mol. The summed E-state index contributed by atoms with van der Waals surface area (Å²) in [5, 5.41) is 3.76. The molecule has 0 spiro atoms. The summed E-state index contributed by atoms with van der Waals surface area (Å²) in [6.45, 7) is 8.16. The van der Waals surface area contributed by atoms with Gasteiger partial charge in [-0.05, 0) is 56.0 Å². The van der Waals surface area contributed by atoms with Crippen LogP contribution >= 0.6 is 0 Å². The van der Waals surface area contributed by atoms with E-state index in [4.69, 9.17) is 0 Å². The monoisotopic (exact) mass is 427 g/mol. The highest BCUT2D eigenvalue weighted by molar-refractivity contribution is 7.90. The van der Waals surface area contributed by atoms with E-state index in [2.05, 4.69) is 29.1 Å². The highest BCUT2D eigenvalue weighted by Gasteiger charge is 2.20. The number of rotatable bonds is 7. The SMILES string of the molecule is CC(C)CC(c1ccc(S(C)(=O)=O)cc1)c1cc2cc(C(=O)NC(C)C)cnc2[nH]1. The first-order valence-corrected chi connectivity index (χ1v) is 12.0. The van der Waals surface area contributed by atoms with Crippen LogP contribution in [-0.2, 0) is 9.84 Å². The van der Waals surface area contributed by atoms with Gasteiger partial charge >= 0.3 is 0 Å². The fourth-order valence-corrected chi connectivity index (χ4v) is 4.19. The number of aromatic amines is 1. The molecule has 0 aliphatic carbocycles. The molecular weight excluding hydrogens is 398 g/mol. The summed E-state index contributed by atoms with van der Waals surface area (Å²) < 4.78 is 23.6. The summed E-state index contributed by atoms with van der Waals surface area (Å²) in [5.41, 5.74) is 3.30. The Morgan fingerprint density at radius 1 is 1.10 bits per heavy atom. The standard InChI is InChI=1S/C23H29N3O3S/c1-14(2)10-20(16-6-8-19(9-7-16)30(5,28)29)21-12-17-11-18(13-24-22(17)26-21)23(27)25-15(3)4/h6-9,11-15,20H,10H2,1-5H3,(H,24,26)(H,25,27). The second-order valence-corrected chi connectivity index (χ2v) is 10.6. The first-order chi connectivity index (χ1) is 14.0. The molecule has 30 heavy (non-hydrogen) atoms. The second kappa shape index (κ2) is 8.60. The lowest BCUT2D eigenvalue weighted by Crippen LogP contribution is -2.30. The first kappa shape index (κ1) is 22.0. The Labute approximate surface area is 178 Å². The largest absolute Gasteiger partial charge is 0.350 e. The van der Waals surface area contributed by atoms with E-state index in [1.54, 1.807) is 18.3 Å². The normalized spacial score (nSPS) is 13.2. The van der Waals surface area contributed by atoms with E-state index in [0.29, 0.717) is 16.4 Å². The van der Waals surface area contributed by atoms with Crippen LogP contribution in [0.25, 0.3) is 11.0 Å². The highest BCUT2D eigenvalue weighted by atomic mass is 32.2. The Balaban J connectivity index is 1.98. The van der Waals surface area contributed by atoms with Crippen molar-refractivity contribution >= 4 is 26.8 Å².